The molecule has 5 fully saturated rings. The minimum absolute atomic E-state index is 0.107. The number of rotatable bonds is 9. The number of nitrogens with zero attached hydrogens (tertiary/aromatic N) is 3. The van der Waals surface area contributed by atoms with Crippen molar-refractivity contribution in [1.82, 2.24) is 20.0 Å². The summed E-state index contributed by atoms with van der Waals surface area (Å²) in [5.74, 6) is -2.25. The largest absolute Gasteiger partial charge is 0.381 e. The number of alkyl halides is 2. The first-order valence-corrected chi connectivity index (χ1v) is 17.1. The van der Waals surface area contributed by atoms with Crippen LogP contribution in [0.25, 0.3) is 0 Å². The van der Waals surface area contributed by atoms with Gasteiger partial charge in [0.15, 0.2) is 0 Å². The van der Waals surface area contributed by atoms with E-state index in [1.165, 1.54) is 0 Å². The summed E-state index contributed by atoms with van der Waals surface area (Å²) in [7, 11) is 0. The Labute approximate surface area is 262 Å². The number of benzene rings is 1. The summed E-state index contributed by atoms with van der Waals surface area (Å²) in [6.45, 7) is 10.3. The molecule has 3 atom stereocenters. The van der Waals surface area contributed by atoms with Crippen LogP contribution < -0.4 is 5.32 Å². The maximum Gasteiger partial charge on any atom is 0.320 e. The van der Waals surface area contributed by atoms with Gasteiger partial charge in [0.05, 0.1) is 11.6 Å². The zero-order chi connectivity index (χ0) is 31.1. The third kappa shape index (κ3) is 6.37. The van der Waals surface area contributed by atoms with Gasteiger partial charge in [0.1, 0.15) is 0 Å². The van der Waals surface area contributed by atoms with Gasteiger partial charge in [-0.05, 0) is 83.1 Å². The topological polar surface area (TPSA) is 65.1 Å². The summed E-state index contributed by atoms with van der Waals surface area (Å²) < 4.78 is 33.4. The molecule has 2 unspecified atom stereocenters. The van der Waals surface area contributed by atoms with E-state index in [9.17, 15) is 18.4 Å². The van der Waals surface area contributed by atoms with E-state index in [1.807, 2.05) is 25.1 Å². The summed E-state index contributed by atoms with van der Waals surface area (Å²) >= 11 is 0. The zero-order valence-corrected chi connectivity index (χ0v) is 26.9. The van der Waals surface area contributed by atoms with Gasteiger partial charge >= 0.3 is 6.03 Å². The van der Waals surface area contributed by atoms with E-state index in [4.69, 9.17) is 4.74 Å². The quantitative estimate of drug-likeness (QED) is 0.350. The molecule has 44 heavy (non-hydrogen) atoms. The Balaban J connectivity index is 1.13. The van der Waals surface area contributed by atoms with Crippen molar-refractivity contribution < 1.29 is 23.1 Å². The van der Waals surface area contributed by atoms with Crippen LogP contribution in [0.15, 0.2) is 30.3 Å². The van der Waals surface area contributed by atoms with Gasteiger partial charge in [-0.3, -0.25) is 9.69 Å². The van der Waals surface area contributed by atoms with E-state index in [1.54, 1.807) is 0 Å². The maximum atomic E-state index is 13.9. The first-order chi connectivity index (χ1) is 21.0. The molecule has 6 rings (SSSR count). The lowest BCUT2D eigenvalue weighted by Gasteiger charge is -2.49. The summed E-state index contributed by atoms with van der Waals surface area (Å²) in [6, 6.07) is 11.1. The molecule has 1 aliphatic carbocycles. The lowest BCUT2D eigenvalue weighted by molar-refractivity contribution is -0.138. The number of carbonyl (C=O) groups excluding carboxylic acids is 2. The van der Waals surface area contributed by atoms with Crippen molar-refractivity contribution in [3.63, 3.8) is 0 Å². The second-order valence-corrected chi connectivity index (χ2v) is 15.1. The summed E-state index contributed by atoms with van der Waals surface area (Å²) in [5.41, 5.74) is 0.170. The predicted molar refractivity (Wildman–Crippen MR) is 166 cm³/mol. The van der Waals surface area contributed by atoms with Crippen LogP contribution in [0.5, 0.6) is 0 Å². The summed E-state index contributed by atoms with van der Waals surface area (Å²) in [4.78, 5) is 34.4. The smallest absolute Gasteiger partial charge is 0.320 e. The maximum absolute atomic E-state index is 13.9. The zero-order valence-electron chi connectivity index (χ0n) is 26.9. The SMILES string of the molecule is CC(C)N1C(=O)N(CC2CCOCC2)CC12CC1CCC(C2)N1CC[C@@H](NC(=O)C1(C)CCC(F)(F)CC1)c1ccccc1. The van der Waals surface area contributed by atoms with Crippen LogP contribution in [0.1, 0.15) is 103 Å². The molecule has 4 aliphatic heterocycles. The molecule has 5 aliphatic rings. The van der Waals surface area contributed by atoms with E-state index in [-0.39, 0.29) is 55.2 Å². The average molecular weight is 615 g/mol. The normalized spacial score (nSPS) is 31.2. The molecule has 3 amide bonds. The predicted octanol–water partition coefficient (Wildman–Crippen LogP) is 6.39. The highest BCUT2D eigenvalue weighted by Gasteiger charge is 2.58. The van der Waals surface area contributed by atoms with Gasteiger partial charge in [0.25, 0.3) is 0 Å². The minimum Gasteiger partial charge on any atom is -0.381 e. The first kappa shape index (κ1) is 31.7. The van der Waals surface area contributed by atoms with Crippen molar-refractivity contribution >= 4 is 11.9 Å². The minimum atomic E-state index is -2.67. The summed E-state index contributed by atoms with van der Waals surface area (Å²) in [5, 5.41) is 3.30. The van der Waals surface area contributed by atoms with E-state index in [0.29, 0.717) is 18.0 Å². The first-order valence-electron chi connectivity index (χ1n) is 17.1. The standard InChI is InChI=1S/C35H52F2N4O3/c1-25(2)41-32(43)39(23-26-12-19-44-20-13-26)24-34(41)21-28-9-10-29(22-34)40(28)18-11-30(27-7-5-4-6-8-27)38-31(42)33(3)14-16-35(36,37)17-15-33/h4-8,25-26,28-30H,9-24H2,1-3H3,(H,38,42)/t28?,29?,30-,34?/m1/s1. The third-order valence-corrected chi connectivity index (χ3v) is 11.6. The monoisotopic (exact) mass is 614 g/mol. The number of halogens is 2. The molecular formula is C35H52F2N4O3. The van der Waals surface area contributed by atoms with Gasteiger partial charge in [-0.15, -0.1) is 0 Å². The van der Waals surface area contributed by atoms with Gasteiger partial charge in [0, 0.05) is 69.2 Å². The number of fused-ring (bicyclic) bond motifs is 2. The number of ether oxygens (including phenoxy) is 1. The van der Waals surface area contributed by atoms with E-state index in [2.05, 4.69) is 46.0 Å². The Morgan fingerprint density at radius 3 is 2.25 bits per heavy atom. The second kappa shape index (κ2) is 12.5. The fourth-order valence-corrected chi connectivity index (χ4v) is 9.12. The number of amides is 3. The molecule has 244 valence electrons. The molecule has 1 aromatic rings. The van der Waals surface area contributed by atoms with Gasteiger partial charge in [-0.25, -0.2) is 13.6 Å². The van der Waals surface area contributed by atoms with Crippen LogP contribution in [0.3, 0.4) is 0 Å². The van der Waals surface area contributed by atoms with Crippen molar-refractivity contribution in [3.8, 4) is 0 Å². The molecule has 9 heteroatoms. The molecular weight excluding hydrogens is 562 g/mol. The number of hydrogen-bond acceptors (Lipinski definition) is 4. The van der Waals surface area contributed by atoms with Crippen molar-refractivity contribution in [3.05, 3.63) is 35.9 Å². The highest BCUT2D eigenvalue weighted by molar-refractivity contribution is 5.82. The van der Waals surface area contributed by atoms with Gasteiger partial charge in [0.2, 0.25) is 11.8 Å². The molecule has 1 spiro atoms. The number of hydrogen-bond donors (Lipinski definition) is 1. The molecule has 1 saturated carbocycles. The average Bonchev–Trinajstić information content (AvgIpc) is 3.41. The van der Waals surface area contributed by atoms with Crippen LogP contribution in [-0.4, -0.2) is 89.1 Å². The van der Waals surface area contributed by atoms with Crippen LogP contribution in [0.4, 0.5) is 13.6 Å². The molecule has 7 nitrogen and oxygen atoms in total. The highest BCUT2D eigenvalue weighted by Crippen LogP contribution is 2.48. The Morgan fingerprint density at radius 1 is 1.00 bits per heavy atom. The van der Waals surface area contributed by atoms with E-state index < -0.39 is 11.3 Å². The van der Waals surface area contributed by atoms with Crippen LogP contribution in [0.2, 0.25) is 0 Å². The van der Waals surface area contributed by atoms with Crippen LogP contribution in [-0.2, 0) is 9.53 Å². The lowest BCUT2D eigenvalue weighted by atomic mass is 9.73. The van der Waals surface area contributed by atoms with E-state index >= 15 is 0 Å². The number of nitrogens with one attached hydrogen (secondary N) is 1. The van der Waals surface area contributed by atoms with Crippen molar-refractivity contribution in [2.75, 3.05) is 32.8 Å². The molecule has 4 saturated heterocycles. The fourth-order valence-electron chi connectivity index (χ4n) is 9.12. The van der Waals surface area contributed by atoms with Crippen molar-refractivity contribution in [2.24, 2.45) is 11.3 Å². The molecule has 1 N–H and O–H groups in total. The highest BCUT2D eigenvalue weighted by atomic mass is 19.3. The third-order valence-electron chi connectivity index (χ3n) is 11.6. The Bertz CT molecular complexity index is 1150. The Hall–Kier alpha value is -2.26. The number of urea groups is 1. The second-order valence-electron chi connectivity index (χ2n) is 15.1. The number of piperidine rings is 1. The van der Waals surface area contributed by atoms with Crippen LogP contribution in [0, 0.1) is 11.3 Å². The van der Waals surface area contributed by atoms with Crippen LogP contribution >= 0.6 is 0 Å². The molecule has 4 heterocycles. The molecule has 2 bridgehead atoms. The Kier molecular flexibility index (Phi) is 9.01. The van der Waals surface area contributed by atoms with Crippen molar-refractivity contribution in [1.29, 1.82) is 0 Å². The van der Waals surface area contributed by atoms with Gasteiger partial charge in [-0.2, -0.15) is 0 Å². The fraction of sp³-hybridized carbons (Fsp3) is 0.771. The van der Waals surface area contributed by atoms with E-state index in [0.717, 1.165) is 83.4 Å². The molecule has 0 radical (unpaired) electrons. The number of carbonyl (C=O) groups is 2. The van der Waals surface area contributed by atoms with Gasteiger partial charge in [-0.1, -0.05) is 37.3 Å². The summed E-state index contributed by atoms with van der Waals surface area (Å²) in [6.07, 6.45) is 7.06. The molecule has 1 aromatic carbocycles. The van der Waals surface area contributed by atoms with Crippen molar-refractivity contribution in [2.45, 2.75) is 127 Å². The lowest BCUT2D eigenvalue weighted by Crippen LogP contribution is -2.60. The van der Waals surface area contributed by atoms with Gasteiger partial charge < -0.3 is 19.9 Å². The molecule has 0 aromatic heterocycles. The Morgan fingerprint density at radius 2 is 1.64 bits per heavy atom.